The van der Waals surface area contributed by atoms with E-state index in [0.717, 1.165) is 16.8 Å². The molecule has 1 aromatic heterocycles. The van der Waals surface area contributed by atoms with E-state index in [9.17, 15) is 8.42 Å². The maximum atomic E-state index is 11.8. The molecule has 0 amide bonds. The third kappa shape index (κ3) is 2.49. The largest absolute Gasteiger partial charge is 0.257 e. The van der Waals surface area contributed by atoms with Crippen LogP contribution in [0, 0.1) is 6.92 Å². The third-order valence-electron chi connectivity index (χ3n) is 3.05. The van der Waals surface area contributed by atoms with E-state index in [-0.39, 0.29) is 0 Å². The Morgan fingerprint density at radius 1 is 1.21 bits per heavy atom. The first-order chi connectivity index (χ1) is 8.82. The average molecular weight is 279 g/mol. The Hall–Kier alpha value is -1.82. The zero-order chi connectivity index (χ0) is 14.2. The highest BCUT2D eigenvalue weighted by Gasteiger charge is 2.23. The minimum Gasteiger partial charge on any atom is -0.257 e. The van der Waals surface area contributed by atoms with Gasteiger partial charge in [-0.25, -0.2) is 8.42 Å². The number of aryl methyl sites for hydroxylation is 2. The smallest absolute Gasteiger partial charge is 0.233 e. The summed E-state index contributed by atoms with van der Waals surface area (Å²) < 4.78 is 26.4. The molecular formula is C13H17N3O2S. The molecule has 0 N–H and O–H groups in total. The van der Waals surface area contributed by atoms with Crippen LogP contribution < -0.4 is 4.31 Å². The molecule has 0 fully saturated rings. The van der Waals surface area contributed by atoms with Gasteiger partial charge in [0.15, 0.2) is 0 Å². The van der Waals surface area contributed by atoms with Crippen molar-refractivity contribution >= 4 is 15.8 Å². The fourth-order valence-electron chi connectivity index (χ4n) is 2.11. The average Bonchev–Trinajstić information content (AvgIpc) is 2.63. The zero-order valence-corrected chi connectivity index (χ0v) is 12.3. The molecule has 1 aromatic carbocycles. The van der Waals surface area contributed by atoms with Gasteiger partial charge in [-0.2, -0.15) is 5.10 Å². The molecule has 0 saturated carbocycles. The Labute approximate surface area is 113 Å². The lowest BCUT2D eigenvalue weighted by atomic mass is 10.1. The highest BCUT2D eigenvalue weighted by molar-refractivity contribution is 7.92. The van der Waals surface area contributed by atoms with E-state index < -0.39 is 10.0 Å². The lowest BCUT2D eigenvalue weighted by molar-refractivity contribution is 0.598. The van der Waals surface area contributed by atoms with Crippen LogP contribution in [0.5, 0.6) is 0 Å². The number of benzene rings is 1. The normalized spacial score (nSPS) is 11.6. The lowest BCUT2D eigenvalue weighted by Crippen LogP contribution is -2.27. The first-order valence-corrected chi connectivity index (χ1v) is 7.70. The number of aromatic nitrogens is 2. The summed E-state index contributed by atoms with van der Waals surface area (Å²) in [5.74, 6) is 0.575. The van der Waals surface area contributed by atoms with Crippen molar-refractivity contribution in [3.63, 3.8) is 0 Å². The van der Waals surface area contributed by atoms with Crippen molar-refractivity contribution in [2.24, 2.45) is 7.05 Å². The van der Waals surface area contributed by atoms with Gasteiger partial charge in [0.1, 0.15) is 5.82 Å². The molecule has 5 nitrogen and oxygen atoms in total. The summed E-state index contributed by atoms with van der Waals surface area (Å²) in [5.41, 5.74) is 2.61. The van der Waals surface area contributed by atoms with Crippen LogP contribution in [-0.2, 0) is 17.1 Å². The van der Waals surface area contributed by atoms with Crippen LogP contribution in [0.15, 0.2) is 30.3 Å². The second-order valence-corrected chi connectivity index (χ2v) is 6.52. The van der Waals surface area contributed by atoms with E-state index >= 15 is 0 Å². The maximum absolute atomic E-state index is 11.8. The highest BCUT2D eigenvalue weighted by atomic mass is 32.2. The molecule has 0 aliphatic heterocycles. The molecule has 0 aliphatic carbocycles. The number of hydrogen-bond donors (Lipinski definition) is 0. The van der Waals surface area contributed by atoms with Crippen LogP contribution >= 0.6 is 0 Å². The van der Waals surface area contributed by atoms with Crippen LogP contribution in [0.1, 0.15) is 5.69 Å². The Morgan fingerprint density at radius 3 is 2.32 bits per heavy atom. The zero-order valence-electron chi connectivity index (χ0n) is 11.5. The molecule has 102 valence electrons. The monoisotopic (exact) mass is 279 g/mol. The maximum Gasteiger partial charge on any atom is 0.233 e. The van der Waals surface area contributed by atoms with Gasteiger partial charge >= 0.3 is 0 Å². The minimum absolute atomic E-state index is 0.575. The summed E-state index contributed by atoms with van der Waals surface area (Å²) in [4.78, 5) is 0. The van der Waals surface area contributed by atoms with Gasteiger partial charge in [-0.1, -0.05) is 30.3 Å². The summed E-state index contributed by atoms with van der Waals surface area (Å²) in [6.07, 6.45) is 1.18. The number of hydrogen-bond acceptors (Lipinski definition) is 3. The summed E-state index contributed by atoms with van der Waals surface area (Å²) in [7, 11) is -0.0367. The molecule has 0 unspecified atom stereocenters. The van der Waals surface area contributed by atoms with Crippen molar-refractivity contribution in [3.05, 3.63) is 36.0 Å². The van der Waals surface area contributed by atoms with E-state index in [1.165, 1.54) is 17.6 Å². The van der Waals surface area contributed by atoms with Crippen LogP contribution in [0.4, 0.5) is 5.82 Å². The van der Waals surface area contributed by atoms with Gasteiger partial charge in [0.05, 0.1) is 11.9 Å². The highest BCUT2D eigenvalue weighted by Crippen LogP contribution is 2.33. The summed E-state index contributed by atoms with van der Waals surface area (Å²) >= 11 is 0. The van der Waals surface area contributed by atoms with Crippen molar-refractivity contribution in [1.29, 1.82) is 0 Å². The van der Waals surface area contributed by atoms with Gasteiger partial charge in [-0.3, -0.25) is 8.99 Å². The first-order valence-electron chi connectivity index (χ1n) is 5.85. The molecule has 2 rings (SSSR count). The first kappa shape index (κ1) is 13.6. The molecule has 0 saturated heterocycles. The Bertz CT molecular complexity index is 690. The fraction of sp³-hybridized carbons (Fsp3) is 0.308. The van der Waals surface area contributed by atoms with Crippen LogP contribution in [0.3, 0.4) is 0 Å². The lowest BCUT2D eigenvalue weighted by Gasteiger charge is -2.18. The van der Waals surface area contributed by atoms with Crippen molar-refractivity contribution in [1.82, 2.24) is 9.78 Å². The quantitative estimate of drug-likeness (QED) is 0.860. The minimum atomic E-state index is -3.32. The van der Waals surface area contributed by atoms with Gasteiger partial charge in [-0.15, -0.1) is 0 Å². The molecule has 6 heteroatoms. The van der Waals surface area contributed by atoms with E-state index in [1.54, 1.807) is 11.7 Å². The van der Waals surface area contributed by atoms with Crippen LogP contribution in [-0.4, -0.2) is 31.5 Å². The predicted octanol–water partition coefficient (Wildman–Crippen LogP) is 1.79. The second kappa shape index (κ2) is 4.70. The van der Waals surface area contributed by atoms with Gasteiger partial charge < -0.3 is 0 Å². The molecule has 0 aliphatic rings. The second-order valence-electron chi connectivity index (χ2n) is 4.50. The van der Waals surface area contributed by atoms with Crippen molar-refractivity contribution in [3.8, 4) is 11.1 Å². The summed E-state index contributed by atoms with van der Waals surface area (Å²) in [5, 5.41) is 4.33. The molecule has 1 heterocycles. The van der Waals surface area contributed by atoms with Crippen molar-refractivity contribution in [2.75, 3.05) is 17.6 Å². The molecular weight excluding hydrogens is 262 g/mol. The van der Waals surface area contributed by atoms with Crippen molar-refractivity contribution < 1.29 is 8.42 Å². The van der Waals surface area contributed by atoms with Gasteiger partial charge in [0.25, 0.3) is 0 Å². The molecule has 0 atom stereocenters. The topological polar surface area (TPSA) is 55.2 Å². The van der Waals surface area contributed by atoms with Crippen LogP contribution in [0.25, 0.3) is 11.1 Å². The molecule has 19 heavy (non-hydrogen) atoms. The number of sulfonamides is 1. The number of rotatable bonds is 3. The standard InChI is InChI=1S/C13H17N3O2S/c1-10-12(11-8-6-5-7-9-11)13(15(2)14-10)16(3)19(4,17)18/h5-9H,1-4H3. The Morgan fingerprint density at radius 2 is 1.79 bits per heavy atom. The Kier molecular flexibility index (Phi) is 3.36. The fourth-order valence-corrected chi connectivity index (χ4v) is 2.63. The summed E-state index contributed by atoms with van der Waals surface area (Å²) in [6, 6.07) is 9.67. The SMILES string of the molecule is Cc1nn(C)c(N(C)S(C)(=O)=O)c1-c1ccccc1. The molecule has 0 spiro atoms. The molecule has 0 bridgehead atoms. The number of anilines is 1. The molecule has 2 aromatic rings. The van der Waals surface area contributed by atoms with Crippen molar-refractivity contribution in [2.45, 2.75) is 6.92 Å². The Balaban J connectivity index is 2.69. The van der Waals surface area contributed by atoms with Gasteiger partial charge in [0.2, 0.25) is 10.0 Å². The van der Waals surface area contributed by atoms with E-state index in [2.05, 4.69) is 5.10 Å². The third-order valence-corrected chi connectivity index (χ3v) is 4.22. The predicted molar refractivity (Wildman–Crippen MR) is 76.6 cm³/mol. The summed E-state index contributed by atoms with van der Waals surface area (Å²) in [6.45, 7) is 1.88. The van der Waals surface area contributed by atoms with Gasteiger partial charge in [0, 0.05) is 19.7 Å². The number of nitrogens with zero attached hydrogens (tertiary/aromatic N) is 3. The van der Waals surface area contributed by atoms with E-state index in [4.69, 9.17) is 0 Å². The van der Waals surface area contributed by atoms with E-state index in [0.29, 0.717) is 5.82 Å². The molecule has 0 radical (unpaired) electrons. The van der Waals surface area contributed by atoms with Crippen LogP contribution in [0.2, 0.25) is 0 Å². The van der Waals surface area contributed by atoms with E-state index in [1.807, 2.05) is 37.3 Å². The van der Waals surface area contributed by atoms with Gasteiger partial charge in [-0.05, 0) is 12.5 Å².